The molecule has 2 fully saturated rings. The first kappa shape index (κ1) is 17.8. The first-order chi connectivity index (χ1) is 11.4. The molecule has 6 nitrogen and oxygen atoms in total. The van der Waals surface area contributed by atoms with Crippen molar-refractivity contribution in [1.29, 1.82) is 0 Å². The van der Waals surface area contributed by atoms with Crippen LogP contribution >= 0.6 is 0 Å². The van der Waals surface area contributed by atoms with Gasteiger partial charge in [0.1, 0.15) is 12.2 Å². The molecule has 1 N–H and O–H groups in total. The van der Waals surface area contributed by atoms with Gasteiger partial charge in [-0.1, -0.05) is 13.8 Å². The molecule has 1 saturated carbocycles. The standard InChI is InChI=1S/C18H33N5O/c1-17(2)12-18(24-13-17)7-5-15(6-8-18)23-16(20-14-21-23)11-22(4)10-9-19-3/h14-15,19H,5-13H2,1-4H3/t15-,18-. The van der Waals surface area contributed by atoms with Crippen LogP contribution in [0, 0.1) is 5.41 Å². The highest BCUT2D eigenvalue weighted by Crippen LogP contribution is 2.48. The highest BCUT2D eigenvalue weighted by Gasteiger charge is 2.46. The number of hydrogen-bond donors (Lipinski definition) is 1. The van der Waals surface area contributed by atoms with Crippen LogP contribution < -0.4 is 5.32 Å². The summed E-state index contributed by atoms with van der Waals surface area (Å²) in [6, 6.07) is 0.470. The zero-order valence-corrected chi connectivity index (χ0v) is 15.7. The quantitative estimate of drug-likeness (QED) is 0.864. The minimum atomic E-state index is 0.129. The SMILES string of the molecule is CNCCN(C)Cc1ncnn1[C@H]1CC[C@]2(CC1)CC(C)(C)CO2. The third kappa shape index (κ3) is 3.98. The number of hydrogen-bond acceptors (Lipinski definition) is 5. The summed E-state index contributed by atoms with van der Waals surface area (Å²) in [5, 5.41) is 7.73. The molecule has 24 heavy (non-hydrogen) atoms. The Morgan fingerprint density at radius 2 is 2.12 bits per heavy atom. The summed E-state index contributed by atoms with van der Waals surface area (Å²) in [5.74, 6) is 1.09. The van der Waals surface area contributed by atoms with Gasteiger partial charge in [-0.2, -0.15) is 5.10 Å². The van der Waals surface area contributed by atoms with Crippen molar-refractivity contribution in [2.75, 3.05) is 33.8 Å². The molecule has 3 rings (SSSR count). The van der Waals surface area contributed by atoms with Gasteiger partial charge in [-0.15, -0.1) is 0 Å². The smallest absolute Gasteiger partial charge is 0.141 e. The van der Waals surface area contributed by atoms with Crippen LogP contribution in [-0.4, -0.2) is 59.1 Å². The summed E-state index contributed by atoms with van der Waals surface area (Å²) in [6.45, 7) is 8.41. The van der Waals surface area contributed by atoms with Crippen molar-refractivity contribution in [3.8, 4) is 0 Å². The number of ether oxygens (including phenoxy) is 1. The summed E-state index contributed by atoms with van der Waals surface area (Å²) in [6.07, 6.45) is 7.50. The average molecular weight is 335 g/mol. The highest BCUT2D eigenvalue weighted by molar-refractivity contribution is 4.99. The van der Waals surface area contributed by atoms with Crippen LogP contribution in [0.15, 0.2) is 6.33 Å². The minimum Gasteiger partial charge on any atom is -0.374 e. The van der Waals surface area contributed by atoms with Crippen LogP contribution in [-0.2, 0) is 11.3 Å². The van der Waals surface area contributed by atoms with Crippen molar-refractivity contribution in [2.45, 2.75) is 64.1 Å². The molecule has 0 bridgehead atoms. The van der Waals surface area contributed by atoms with Gasteiger partial charge in [-0.3, -0.25) is 4.90 Å². The summed E-state index contributed by atoms with van der Waals surface area (Å²) in [5.41, 5.74) is 0.464. The minimum absolute atomic E-state index is 0.129. The Hall–Kier alpha value is -0.980. The van der Waals surface area contributed by atoms with Gasteiger partial charge in [0, 0.05) is 13.1 Å². The molecule has 0 atom stereocenters. The van der Waals surface area contributed by atoms with E-state index < -0.39 is 0 Å². The Bertz CT molecular complexity index is 533. The van der Waals surface area contributed by atoms with Gasteiger partial charge >= 0.3 is 0 Å². The van der Waals surface area contributed by atoms with E-state index in [1.54, 1.807) is 6.33 Å². The normalized spacial score (nSPS) is 29.6. The van der Waals surface area contributed by atoms with Crippen molar-refractivity contribution >= 4 is 0 Å². The maximum Gasteiger partial charge on any atom is 0.141 e. The fourth-order valence-corrected chi connectivity index (χ4v) is 4.33. The molecule has 1 aliphatic carbocycles. The number of nitrogens with zero attached hydrogens (tertiary/aromatic N) is 4. The van der Waals surface area contributed by atoms with E-state index >= 15 is 0 Å². The second-order valence-corrected chi connectivity index (χ2v) is 8.51. The monoisotopic (exact) mass is 335 g/mol. The van der Waals surface area contributed by atoms with Gasteiger partial charge in [0.05, 0.1) is 24.8 Å². The molecule has 2 aliphatic rings. The van der Waals surface area contributed by atoms with E-state index in [0.717, 1.165) is 57.7 Å². The Balaban J connectivity index is 1.58. The maximum absolute atomic E-state index is 6.24. The Kier molecular flexibility index (Phi) is 5.27. The lowest BCUT2D eigenvalue weighted by Gasteiger charge is -2.37. The third-order valence-corrected chi connectivity index (χ3v) is 5.58. The van der Waals surface area contributed by atoms with Crippen molar-refractivity contribution in [2.24, 2.45) is 5.41 Å². The zero-order valence-electron chi connectivity index (χ0n) is 15.7. The van der Waals surface area contributed by atoms with E-state index in [4.69, 9.17) is 4.74 Å². The molecule has 0 amide bonds. The van der Waals surface area contributed by atoms with E-state index in [2.05, 4.69) is 45.9 Å². The number of nitrogens with one attached hydrogen (secondary N) is 1. The number of rotatable bonds is 6. The van der Waals surface area contributed by atoms with Crippen LogP contribution in [0.4, 0.5) is 0 Å². The van der Waals surface area contributed by atoms with Crippen molar-refractivity contribution < 1.29 is 4.74 Å². The third-order valence-electron chi connectivity index (χ3n) is 5.58. The summed E-state index contributed by atoms with van der Waals surface area (Å²) in [4.78, 5) is 6.81. The molecule has 1 aliphatic heterocycles. The number of likely N-dealkylation sites (N-methyl/N-ethyl adjacent to an activating group) is 2. The van der Waals surface area contributed by atoms with Gasteiger partial charge in [0.15, 0.2) is 0 Å². The molecular formula is C18H33N5O. The van der Waals surface area contributed by atoms with Crippen molar-refractivity contribution in [3.63, 3.8) is 0 Å². The van der Waals surface area contributed by atoms with Gasteiger partial charge in [0.25, 0.3) is 0 Å². The average Bonchev–Trinajstić information content (AvgIpc) is 3.11. The first-order valence-electron chi connectivity index (χ1n) is 9.29. The topological polar surface area (TPSA) is 55.2 Å². The van der Waals surface area contributed by atoms with Crippen LogP contribution in [0.2, 0.25) is 0 Å². The second kappa shape index (κ2) is 7.10. The van der Waals surface area contributed by atoms with Crippen LogP contribution in [0.3, 0.4) is 0 Å². The lowest BCUT2D eigenvalue weighted by atomic mass is 9.75. The molecule has 1 aromatic rings. The predicted molar refractivity (Wildman–Crippen MR) is 94.9 cm³/mol. The molecule has 1 saturated heterocycles. The molecule has 136 valence electrons. The zero-order chi connectivity index (χ0) is 17.2. The van der Waals surface area contributed by atoms with E-state index in [9.17, 15) is 0 Å². The lowest BCUT2D eigenvalue weighted by molar-refractivity contribution is -0.0354. The van der Waals surface area contributed by atoms with Gasteiger partial charge < -0.3 is 10.1 Å². The number of aromatic nitrogens is 3. The summed E-state index contributed by atoms with van der Waals surface area (Å²) < 4.78 is 8.41. The van der Waals surface area contributed by atoms with Crippen LogP contribution in [0.25, 0.3) is 0 Å². The molecule has 1 aromatic heterocycles. The Morgan fingerprint density at radius 3 is 2.75 bits per heavy atom. The molecular weight excluding hydrogens is 302 g/mol. The lowest BCUT2D eigenvalue weighted by Crippen LogP contribution is -2.36. The van der Waals surface area contributed by atoms with Crippen molar-refractivity contribution in [3.05, 3.63) is 12.2 Å². The van der Waals surface area contributed by atoms with E-state index in [1.165, 1.54) is 6.42 Å². The summed E-state index contributed by atoms with van der Waals surface area (Å²) >= 11 is 0. The molecule has 0 aromatic carbocycles. The second-order valence-electron chi connectivity index (χ2n) is 8.51. The molecule has 1 spiro atoms. The van der Waals surface area contributed by atoms with Crippen molar-refractivity contribution in [1.82, 2.24) is 25.0 Å². The summed E-state index contributed by atoms with van der Waals surface area (Å²) in [7, 11) is 4.13. The Morgan fingerprint density at radius 1 is 1.38 bits per heavy atom. The molecule has 0 radical (unpaired) electrons. The Labute approximate surface area is 146 Å². The van der Waals surface area contributed by atoms with Crippen LogP contribution in [0.5, 0.6) is 0 Å². The van der Waals surface area contributed by atoms with E-state index in [0.29, 0.717) is 11.5 Å². The molecule has 2 heterocycles. The molecule has 6 heteroatoms. The molecule has 0 unspecified atom stereocenters. The maximum atomic E-state index is 6.24. The van der Waals surface area contributed by atoms with Crippen LogP contribution in [0.1, 0.15) is 57.8 Å². The van der Waals surface area contributed by atoms with Gasteiger partial charge in [-0.05, 0) is 51.6 Å². The van der Waals surface area contributed by atoms with Gasteiger partial charge in [0.2, 0.25) is 0 Å². The largest absolute Gasteiger partial charge is 0.374 e. The first-order valence-corrected chi connectivity index (χ1v) is 9.29. The fourth-order valence-electron chi connectivity index (χ4n) is 4.33. The van der Waals surface area contributed by atoms with E-state index in [-0.39, 0.29) is 5.60 Å². The van der Waals surface area contributed by atoms with E-state index in [1.807, 2.05) is 7.05 Å². The highest BCUT2D eigenvalue weighted by atomic mass is 16.5. The predicted octanol–water partition coefficient (Wildman–Crippen LogP) is 2.23. The van der Waals surface area contributed by atoms with Gasteiger partial charge in [-0.25, -0.2) is 9.67 Å². The fraction of sp³-hybridized carbons (Fsp3) is 0.889.